The summed E-state index contributed by atoms with van der Waals surface area (Å²) in [6.07, 6.45) is 3.08. The molecule has 162 valence electrons. The number of halogens is 1. The monoisotopic (exact) mass is 456 g/mol. The fraction of sp³-hybridized carbons (Fsp3) is 0.120. The van der Waals surface area contributed by atoms with Crippen LogP contribution in [0.15, 0.2) is 58.4 Å². The summed E-state index contributed by atoms with van der Waals surface area (Å²) >= 11 is 5.94. The summed E-state index contributed by atoms with van der Waals surface area (Å²) in [5, 5.41) is 10.3. The van der Waals surface area contributed by atoms with E-state index in [-0.39, 0.29) is 11.1 Å². The van der Waals surface area contributed by atoms with Crippen LogP contribution in [0.5, 0.6) is 0 Å². The molecule has 0 saturated heterocycles. The predicted octanol–water partition coefficient (Wildman–Crippen LogP) is 4.01. The Kier molecular flexibility index (Phi) is 4.19. The van der Waals surface area contributed by atoms with E-state index in [0.29, 0.717) is 32.9 Å². The fourth-order valence-electron chi connectivity index (χ4n) is 4.71. The number of carbonyl (C=O) groups excluding carboxylic acids is 2. The highest BCUT2D eigenvalue weighted by atomic mass is 35.5. The van der Waals surface area contributed by atoms with Crippen molar-refractivity contribution in [3.8, 4) is 5.69 Å². The van der Waals surface area contributed by atoms with Crippen molar-refractivity contribution in [2.75, 3.05) is 0 Å². The highest BCUT2D eigenvalue weighted by molar-refractivity contribution is 6.30. The number of imide groups is 1. The molecule has 1 aromatic heterocycles. The molecule has 2 amide bonds. The number of aromatic nitrogens is 2. The summed E-state index contributed by atoms with van der Waals surface area (Å²) in [6.45, 7) is 1.73. The van der Waals surface area contributed by atoms with Crippen molar-refractivity contribution in [1.29, 1.82) is 0 Å². The summed E-state index contributed by atoms with van der Waals surface area (Å²) < 4.78 is 1.36. The number of hydrazone groups is 1. The van der Waals surface area contributed by atoms with Gasteiger partial charge in [0.2, 0.25) is 0 Å². The third kappa shape index (κ3) is 2.82. The van der Waals surface area contributed by atoms with Crippen LogP contribution in [0.4, 0.5) is 0 Å². The van der Waals surface area contributed by atoms with E-state index in [0.717, 1.165) is 34.4 Å². The number of nitrogens with zero attached hydrogens (tertiary/aromatic N) is 3. The standard InChI is InChI=1S/C25H17ClN4O3/c1-13-20(25(33)29(28-13)17-8-6-16(26)7-9-17)12-27-30-23(31)18-10-4-14-2-3-15-5-11-19(24(30)32)22(18)21(14)15/h4-12,28H,2-3H2,1H3. The molecule has 0 unspecified atom stereocenters. The third-order valence-electron chi connectivity index (χ3n) is 6.35. The van der Waals surface area contributed by atoms with Crippen molar-refractivity contribution in [1.82, 2.24) is 14.8 Å². The van der Waals surface area contributed by atoms with Gasteiger partial charge in [0.25, 0.3) is 17.4 Å². The molecular weight excluding hydrogens is 440 g/mol. The zero-order valence-electron chi connectivity index (χ0n) is 17.6. The summed E-state index contributed by atoms with van der Waals surface area (Å²) in [7, 11) is 0. The predicted molar refractivity (Wildman–Crippen MR) is 126 cm³/mol. The minimum atomic E-state index is -0.495. The van der Waals surface area contributed by atoms with Gasteiger partial charge >= 0.3 is 0 Å². The Bertz CT molecular complexity index is 1540. The van der Waals surface area contributed by atoms with Crippen LogP contribution in [0.1, 0.15) is 43.1 Å². The van der Waals surface area contributed by atoms with Gasteiger partial charge < -0.3 is 0 Å². The first-order chi connectivity index (χ1) is 15.9. The van der Waals surface area contributed by atoms with Gasteiger partial charge in [-0.05, 0) is 72.7 Å². The number of benzene rings is 3. The van der Waals surface area contributed by atoms with Crippen LogP contribution < -0.4 is 5.56 Å². The zero-order valence-corrected chi connectivity index (χ0v) is 18.3. The molecule has 0 bridgehead atoms. The van der Waals surface area contributed by atoms with Crippen molar-refractivity contribution in [2.24, 2.45) is 5.10 Å². The Morgan fingerprint density at radius 3 is 2.09 bits per heavy atom. The number of hydrogen-bond acceptors (Lipinski definition) is 4. The van der Waals surface area contributed by atoms with Crippen LogP contribution in [0.3, 0.4) is 0 Å². The molecule has 4 aromatic rings. The van der Waals surface area contributed by atoms with Crippen molar-refractivity contribution in [3.63, 3.8) is 0 Å². The molecule has 0 spiro atoms. The van der Waals surface area contributed by atoms with E-state index in [1.54, 1.807) is 43.3 Å². The quantitative estimate of drug-likeness (QED) is 0.373. The van der Waals surface area contributed by atoms with Crippen LogP contribution in [0.2, 0.25) is 5.02 Å². The second-order valence-electron chi connectivity index (χ2n) is 8.23. The van der Waals surface area contributed by atoms with E-state index in [2.05, 4.69) is 10.2 Å². The highest BCUT2D eigenvalue weighted by Crippen LogP contribution is 2.38. The molecule has 2 heterocycles. The molecule has 33 heavy (non-hydrogen) atoms. The summed E-state index contributed by atoms with van der Waals surface area (Å²) in [6, 6.07) is 14.2. The molecule has 6 rings (SSSR count). The Morgan fingerprint density at radius 2 is 1.48 bits per heavy atom. The molecule has 0 atom stereocenters. The molecule has 7 nitrogen and oxygen atoms in total. The lowest BCUT2D eigenvalue weighted by Crippen LogP contribution is -2.36. The largest absolute Gasteiger partial charge is 0.295 e. The second kappa shape index (κ2) is 7.02. The van der Waals surface area contributed by atoms with Gasteiger partial charge in [-0.2, -0.15) is 10.1 Å². The molecule has 1 aliphatic carbocycles. The highest BCUT2D eigenvalue weighted by Gasteiger charge is 2.35. The van der Waals surface area contributed by atoms with Gasteiger partial charge in [-0.1, -0.05) is 23.7 Å². The van der Waals surface area contributed by atoms with Gasteiger partial charge in [0.15, 0.2) is 0 Å². The number of aryl methyl sites for hydroxylation is 3. The lowest BCUT2D eigenvalue weighted by molar-refractivity contribution is 0.0616. The van der Waals surface area contributed by atoms with E-state index < -0.39 is 11.8 Å². The number of hydrogen-bond donors (Lipinski definition) is 1. The number of carbonyl (C=O) groups is 2. The first kappa shape index (κ1) is 19.7. The van der Waals surface area contributed by atoms with Crippen LogP contribution in [0, 0.1) is 6.92 Å². The lowest BCUT2D eigenvalue weighted by Gasteiger charge is -2.23. The maximum atomic E-state index is 13.2. The fourth-order valence-corrected chi connectivity index (χ4v) is 4.84. The number of aromatic amines is 1. The Balaban J connectivity index is 1.41. The first-order valence-corrected chi connectivity index (χ1v) is 10.9. The minimum absolute atomic E-state index is 0.255. The summed E-state index contributed by atoms with van der Waals surface area (Å²) in [4.78, 5) is 39.4. The average molecular weight is 457 g/mol. The maximum absolute atomic E-state index is 13.2. The van der Waals surface area contributed by atoms with E-state index in [9.17, 15) is 14.4 Å². The van der Waals surface area contributed by atoms with Crippen molar-refractivity contribution >= 4 is 40.4 Å². The van der Waals surface area contributed by atoms with Gasteiger partial charge in [0, 0.05) is 16.1 Å². The third-order valence-corrected chi connectivity index (χ3v) is 6.60. The van der Waals surface area contributed by atoms with Gasteiger partial charge in [-0.25, -0.2) is 4.68 Å². The van der Waals surface area contributed by atoms with Crippen LogP contribution >= 0.6 is 11.6 Å². The maximum Gasteiger partial charge on any atom is 0.282 e. The second-order valence-corrected chi connectivity index (χ2v) is 8.67. The van der Waals surface area contributed by atoms with Gasteiger partial charge in [-0.15, -0.1) is 0 Å². The smallest absolute Gasteiger partial charge is 0.282 e. The Hall–Kier alpha value is -3.97. The van der Waals surface area contributed by atoms with Crippen LogP contribution in [-0.4, -0.2) is 32.8 Å². The first-order valence-electron chi connectivity index (χ1n) is 10.5. The molecule has 0 radical (unpaired) electrons. The van der Waals surface area contributed by atoms with E-state index in [4.69, 9.17) is 11.6 Å². The molecule has 3 aromatic carbocycles. The molecule has 2 aliphatic rings. The van der Waals surface area contributed by atoms with Gasteiger partial charge in [-0.3, -0.25) is 19.5 Å². The van der Waals surface area contributed by atoms with E-state index in [1.807, 2.05) is 12.1 Å². The zero-order chi connectivity index (χ0) is 22.9. The van der Waals surface area contributed by atoms with E-state index >= 15 is 0 Å². The molecule has 8 heteroatoms. The normalized spacial score (nSPS) is 14.8. The number of amides is 2. The van der Waals surface area contributed by atoms with Crippen molar-refractivity contribution in [2.45, 2.75) is 19.8 Å². The van der Waals surface area contributed by atoms with Crippen LogP contribution in [-0.2, 0) is 12.8 Å². The average Bonchev–Trinajstić information content (AvgIpc) is 3.36. The van der Waals surface area contributed by atoms with E-state index in [1.165, 1.54) is 10.9 Å². The van der Waals surface area contributed by atoms with Crippen LogP contribution in [0.25, 0.3) is 16.5 Å². The van der Waals surface area contributed by atoms with Gasteiger partial charge in [0.05, 0.1) is 28.6 Å². The number of rotatable bonds is 3. The SMILES string of the molecule is Cc1[nH]n(-c2ccc(Cl)cc2)c(=O)c1C=NN1C(=O)c2ccc3c4c(ccc(c24)C1=O)CC3. The summed E-state index contributed by atoms with van der Waals surface area (Å²) in [5.74, 6) is -0.990. The molecule has 1 N–H and O–H groups in total. The number of H-pyrrole nitrogens is 1. The Labute approximate surface area is 192 Å². The van der Waals surface area contributed by atoms with Crippen molar-refractivity contribution < 1.29 is 9.59 Å². The Morgan fingerprint density at radius 1 is 0.879 bits per heavy atom. The molecular formula is C25H17ClN4O3. The topological polar surface area (TPSA) is 87.5 Å². The molecule has 0 fully saturated rings. The lowest BCUT2D eigenvalue weighted by atomic mass is 9.92. The molecule has 0 saturated carbocycles. The van der Waals surface area contributed by atoms with Gasteiger partial charge in [0.1, 0.15) is 0 Å². The number of nitrogens with one attached hydrogen (secondary N) is 1. The summed E-state index contributed by atoms with van der Waals surface area (Å²) in [5.41, 5.74) is 4.29. The molecule has 1 aliphatic heterocycles. The minimum Gasteiger partial charge on any atom is -0.295 e. The van der Waals surface area contributed by atoms with Crippen molar-refractivity contribution in [3.05, 3.63) is 97.4 Å².